The topological polar surface area (TPSA) is 76.2 Å². The number of carbonyl (C=O) groups is 3. The number of ether oxygens (including phenoxy) is 2. The highest BCUT2D eigenvalue weighted by Gasteiger charge is 2.43. The second-order valence-electron chi connectivity index (χ2n) is 8.84. The van der Waals surface area contributed by atoms with Crippen LogP contribution >= 0.6 is 0 Å². The molecule has 7 nitrogen and oxygen atoms in total. The van der Waals surface area contributed by atoms with Gasteiger partial charge in [-0.25, -0.2) is 14.6 Å². The lowest BCUT2D eigenvalue weighted by atomic mass is 10.0. The van der Waals surface area contributed by atoms with E-state index in [9.17, 15) is 14.4 Å². The summed E-state index contributed by atoms with van der Waals surface area (Å²) >= 11 is 0. The van der Waals surface area contributed by atoms with E-state index in [4.69, 9.17) is 9.47 Å². The highest BCUT2D eigenvalue weighted by atomic mass is 16.5. The third kappa shape index (κ3) is 5.94. The minimum absolute atomic E-state index is 0.131. The van der Waals surface area contributed by atoms with Crippen LogP contribution in [0.4, 0.5) is 16.2 Å². The van der Waals surface area contributed by atoms with Crippen molar-refractivity contribution in [1.82, 2.24) is 0 Å². The zero-order valence-electron chi connectivity index (χ0n) is 21.8. The summed E-state index contributed by atoms with van der Waals surface area (Å²) in [6.45, 7) is 5.06. The van der Waals surface area contributed by atoms with Gasteiger partial charge in [0.2, 0.25) is 0 Å². The van der Waals surface area contributed by atoms with Gasteiger partial charge in [0.1, 0.15) is 5.57 Å². The molecule has 1 aliphatic heterocycles. The van der Waals surface area contributed by atoms with Crippen LogP contribution in [0.15, 0.2) is 84.4 Å². The summed E-state index contributed by atoms with van der Waals surface area (Å²) in [5.41, 5.74) is 1.21. The molecule has 0 aliphatic carbocycles. The molecule has 0 saturated carbocycles. The monoisotopic (exact) mass is 512 g/mol. The third-order valence-corrected chi connectivity index (χ3v) is 6.11. The van der Waals surface area contributed by atoms with Crippen LogP contribution in [0.1, 0.15) is 45.1 Å². The van der Waals surface area contributed by atoms with Gasteiger partial charge in [-0.15, -0.1) is 0 Å². The Morgan fingerprint density at radius 1 is 0.684 bits per heavy atom. The Kier molecular flexibility index (Phi) is 8.93. The van der Waals surface area contributed by atoms with Crippen LogP contribution in [-0.2, 0) is 9.59 Å². The van der Waals surface area contributed by atoms with E-state index in [-0.39, 0.29) is 5.57 Å². The molecule has 3 aromatic rings. The van der Waals surface area contributed by atoms with Gasteiger partial charge in [-0.05, 0) is 61.4 Å². The highest BCUT2D eigenvalue weighted by Crippen LogP contribution is 2.32. The second-order valence-corrected chi connectivity index (χ2v) is 8.84. The molecule has 4 amide bonds. The van der Waals surface area contributed by atoms with E-state index in [1.54, 1.807) is 78.9 Å². The maximum atomic E-state index is 13.6. The second kappa shape index (κ2) is 12.7. The van der Waals surface area contributed by atoms with Crippen LogP contribution in [0.25, 0.3) is 6.08 Å². The summed E-state index contributed by atoms with van der Waals surface area (Å²) in [5, 5.41) is 0. The van der Waals surface area contributed by atoms with Gasteiger partial charge in [-0.2, -0.15) is 0 Å². The first-order valence-electron chi connectivity index (χ1n) is 13.0. The molecule has 0 radical (unpaired) electrons. The molecular formula is C31H32N2O5. The van der Waals surface area contributed by atoms with Gasteiger partial charge >= 0.3 is 6.03 Å². The first-order chi connectivity index (χ1) is 18.5. The van der Waals surface area contributed by atoms with E-state index in [2.05, 4.69) is 6.92 Å². The van der Waals surface area contributed by atoms with Crippen molar-refractivity contribution in [2.24, 2.45) is 0 Å². The first kappa shape index (κ1) is 26.7. The van der Waals surface area contributed by atoms with Crippen molar-refractivity contribution in [3.63, 3.8) is 0 Å². The lowest BCUT2D eigenvalue weighted by Gasteiger charge is -2.33. The Morgan fingerprint density at radius 3 is 1.84 bits per heavy atom. The van der Waals surface area contributed by atoms with Crippen molar-refractivity contribution in [2.45, 2.75) is 39.5 Å². The normalized spacial score (nSPS) is 13.6. The minimum Gasteiger partial charge on any atom is -0.490 e. The van der Waals surface area contributed by atoms with E-state index >= 15 is 0 Å². The van der Waals surface area contributed by atoms with Crippen LogP contribution in [-0.4, -0.2) is 31.1 Å². The number of anilines is 2. The van der Waals surface area contributed by atoms with Gasteiger partial charge < -0.3 is 9.47 Å². The van der Waals surface area contributed by atoms with Crippen molar-refractivity contribution in [3.8, 4) is 11.5 Å². The van der Waals surface area contributed by atoms with Crippen molar-refractivity contribution in [2.75, 3.05) is 23.0 Å². The van der Waals surface area contributed by atoms with E-state index in [0.717, 1.165) is 29.1 Å². The SMILES string of the molecule is CCCCCCOc1ccc(C=C2C(=O)N(c3ccccc3)C(=O)N(c3ccccc3)C2=O)cc1OCC. The molecule has 4 rings (SSSR count). The Morgan fingerprint density at radius 2 is 1.29 bits per heavy atom. The Balaban J connectivity index is 1.70. The van der Waals surface area contributed by atoms with Crippen molar-refractivity contribution in [1.29, 1.82) is 0 Å². The molecule has 0 spiro atoms. The van der Waals surface area contributed by atoms with Gasteiger partial charge in [-0.1, -0.05) is 68.7 Å². The van der Waals surface area contributed by atoms with Crippen molar-refractivity contribution < 1.29 is 23.9 Å². The molecule has 0 unspecified atom stereocenters. The zero-order valence-corrected chi connectivity index (χ0v) is 21.8. The van der Waals surface area contributed by atoms with Gasteiger partial charge in [-0.3, -0.25) is 9.59 Å². The summed E-state index contributed by atoms with van der Waals surface area (Å²) in [4.78, 5) is 42.6. The number of nitrogens with zero attached hydrogens (tertiary/aromatic N) is 2. The molecule has 3 aromatic carbocycles. The maximum Gasteiger partial charge on any atom is 0.343 e. The number of benzene rings is 3. The number of rotatable bonds is 11. The lowest BCUT2D eigenvalue weighted by molar-refractivity contribution is -0.121. The van der Waals surface area contributed by atoms with Crippen molar-refractivity contribution >= 4 is 35.3 Å². The number of amides is 4. The minimum atomic E-state index is -0.726. The molecule has 38 heavy (non-hydrogen) atoms. The fraction of sp³-hybridized carbons (Fsp3) is 0.258. The number of para-hydroxylation sites is 2. The van der Waals surface area contributed by atoms with E-state index in [0.29, 0.717) is 41.7 Å². The fourth-order valence-electron chi connectivity index (χ4n) is 4.22. The molecule has 0 bridgehead atoms. The lowest BCUT2D eigenvalue weighted by Crippen LogP contribution is -2.57. The summed E-state index contributed by atoms with van der Waals surface area (Å²) < 4.78 is 11.7. The van der Waals surface area contributed by atoms with Gasteiger partial charge in [0.15, 0.2) is 11.5 Å². The smallest absolute Gasteiger partial charge is 0.343 e. The molecule has 0 N–H and O–H groups in total. The van der Waals surface area contributed by atoms with Crippen LogP contribution in [0.5, 0.6) is 11.5 Å². The largest absolute Gasteiger partial charge is 0.490 e. The predicted octanol–water partition coefficient (Wildman–Crippen LogP) is 6.63. The zero-order chi connectivity index (χ0) is 26.9. The first-order valence-corrected chi connectivity index (χ1v) is 13.0. The van der Waals surface area contributed by atoms with Gasteiger partial charge in [0, 0.05) is 0 Å². The quantitative estimate of drug-likeness (QED) is 0.164. The molecule has 1 aliphatic rings. The molecule has 1 saturated heterocycles. The van der Waals surface area contributed by atoms with Crippen molar-refractivity contribution in [3.05, 3.63) is 90.0 Å². The average Bonchev–Trinajstić information content (AvgIpc) is 2.93. The molecule has 0 atom stereocenters. The Bertz CT molecular complexity index is 1240. The number of hydrogen-bond donors (Lipinski definition) is 0. The standard InChI is InChI=1S/C31H32N2O5/c1-3-5-6-13-20-38-27-19-18-23(22-28(27)37-4-2)21-26-29(34)32(24-14-9-7-10-15-24)31(36)33(30(26)35)25-16-11-8-12-17-25/h7-12,14-19,21-22H,3-6,13,20H2,1-2H3. The number of carbonyl (C=O) groups excluding carboxylic acids is 3. The molecule has 1 fully saturated rings. The maximum absolute atomic E-state index is 13.6. The highest BCUT2D eigenvalue weighted by molar-refractivity contribution is 6.46. The number of barbiturate groups is 1. The van der Waals surface area contributed by atoms with Gasteiger partial charge in [0.05, 0.1) is 24.6 Å². The average molecular weight is 513 g/mol. The Labute approximate surface area is 223 Å². The van der Waals surface area contributed by atoms with Gasteiger partial charge in [0.25, 0.3) is 11.8 Å². The third-order valence-electron chi connectivity index (χ3n) is 6.11. The number of imide groups is 2. The Hall–Kier alpha value is -4.39. The van der Waals surface area contributed by atoms with Crippen LogP contribution in [0.3, 0.4) is 0 Å². The van der Waals surface area contributed by atoms with Crippen LogP contribution in [0.2, 0.25) is 0 Å². The molecule has 7 heteroatoms. The summed E-state index contributed by atoms with van der Waals surface area (Å²) in [6.07, 6.45) is 5.87. The molecule has 1 heterocycles. The van der Waals surface area contributed by atoms with E-state index in [1.165, 1.54) is 12.5 Å². The number of urea groups is 1. The molecular weight excluding hydrogens is 480 g/mol. The fourth-order valence-corrected chi connectivity index (χ4v) is 4.22. The summed E-state index contributed by atoms with van der Waals surface area (Å²) in [5.74, 6) is -0.233. The summed E-state index contributed by atoms with van der Waals surface area (Å²) in [6, 6.07) is 21.7. The van der Waals surface area contributed by atoms with E-state index in [1.807, 2.05) is 6.92 Å². The number of unbranched alkanes of at least 4 members (excludes halogenated alkanes) is 3. The van der Waals surface area contributed by atoms with Crippen LogP contribution in [0, 0.1) is 0 Å². The molecule has 0 aromatic heterocycles. The summed E-state index contributed by atoms with van der Waals surface area (Å²) in [7, 11) is 0. The predicted molar refractivity (Wildman–Crippen MR) is 148 cm³/mol. The molecule has 196 valence electrons. The van der Waals surface area contributed by atoms with Crippen LogP contribution < -0.4 is 19.3 Å². The number of hydrogen-bond acceptors (Lipinski definition) is 5. The van der Waals surface area contributed by atoms with E-state index < -0.39 is 17.8 Å².